The molecule has 1 aliphatic carbocycles. The van der Waals surface area contributed by atoms with Gasteiger partial charge in [-0.25, -0.2) is 0 Å². The number of carbonyl (C=O) groups excluding carboxylic acids is 1. The van der Waals surface area contributed by atoms with Crippen LogP contribution in [-0.2, 0) is 10.2 Å². The number of benzene rings is 2. The molecule has 0 aromatic heterocycles. The summed E-state index contributed by atoms with van der Waals surface area (Å²) < 4.78 is 1.19. The van der Waals surface area contributed by atoms with Gasteiger partial charge < -0.3 is 5.32 Å². The van der Waals surface area contributed by atoms with Crippen molar-refractivity contribution in [2.45, 2.75) is 44.4 Å². The maximum atomic E-state index is 13.4. The highest BCUT2D eigenvalue weighted by atomic mass is 127. The lowest BCUT2D eigenvalue weighted by atomic mass is 9.74. The van der Waals surface area contributed by atoms with E-state index < -0.39 is 5.41 Å². The molecule has 0 saturated carbocycles. The molecule has 3 rings (SSSR count). The Hall–Kier alpha value is -1.36. The number of hydrogen-bond donors (Lipinski definition) is 1. The molecule has 2 aromatic rings. The van der Waals surface area contributed by atoms with Gasteiger partial charge in [0, 0.05) is 6.54 Å². The maximum absolute atomic E-state index is 13.4. The van der Waals surface area contributed by atoms with E-state index in [-0.39, 0.29) is 5.91 Å². The lowest BCUT2D eigenvalue weighted by Crippen LogP contribution is -2.44. The van der Waals surface area contributed by atoms with Crippen molar-refractivity contribution in [3.63, 3.8) is 0 Å². The van der Waals surface area contributed by atoms with Gasteiger partial charge in [0.05, 0.1) is 0 Å². The second kappa shape index (κ2) is 8.35. The lowest BCUT2D eigenvalue weighted by molar-refractivity contribution is -0.125. The number of rotatable bonds is 8. The Kier molecular flexibility index (Phi) is 6.15. The highest BCUT2D eigenvalue weighted by Gasteiger charge is 2.47. The molecule has 0 atom stereocenters. The van der Waals surface area contributed by atoms with Crippen LogP contribution in [0.1, 0.15) is 50.2 Å². The number of hydrogen-bond acceptors (Lipinski definition) is 1. The first-order chi connectivity index (χ1) is 12.3. The molecule has 0 heterocycles. The van der Waals surface area contributed by atoms with Crippen molar-refractivity contribution in [1.29, 1.82) is 0 Å². The third-order valence-electron chi connectivity index (χ3n) is 5.17. The normalized spacial score (nSPS) is 14.0. The van der Waals surface area contributed by atoms with Crippen molar-refractivity contribution in [3.8, 4) is 11.1 Å². The van der Waals surface area contributed by atoms with Gasteiger partial charge in [-0.3, -0.25) is 4.79 Å². The van der Waals surface area contributed by atoms with Crippen LogP contribution < -0.4 is 5.32 Å². The molecular weight excluding hydrogens is 421 g/mol. The molecule has 0 bridgehead atoms. The largest absolute Gasteiger partial charge is 0.355 e. The monoisotopic (exact) mass is 447 g/mol. The van der Waals surface area contributed by atoms with E-state index in [1.807, 2.05) is 0 Å². The average molecular weight is 447 g/mol. The summed E-state index contributed by atoms with van der Waals surface area (Å²) in [7, 11) is 0. The Balaban J connectivity index is 1.95. The highest BCUT2D eigenvalue weighted by molar-refractivity contribution is 14.1. The van der Waals surface area contributed by atoms with Crippen molar-refractivity contribution in [2.24, 2.45) is 0 Å². The fourth-order valence-corrected chi connectivity index (χ4v) is 4.62. The predicted octanol–water partition coefficient (Wildman–Crippen LogP) is 5.47. The van der Waals surface area contributed by atoms with Crippen LogP contribution in [0.25, 0.3) is 11.1 Å². The molecule has 0 spiro atoms. The summed E-state index contributed by atoms with van der Waals surface area (Å²) in [5.74, 6) is 0.168. The van der Waals surface area contributed by atoms with Crippen LogP contribution >= 0.6 is 22.6 Å². The van der Waals surface area contributed by atoms with E-state index in [2.05, 4.69) is 83.4 Å². The molecule has 2 aromatic carbocycles. The fraction of sp³-hybridized carbons (Fsp3) is 0.409. The maximum Gasteiger partial charge on any atom is 0.235 e. The van der Waals surface area contributed by atoms with Gasteiger partial charge in [0.25, 0.3) is 0 Å². The number of halogens is 1. The summed E-state index contributed by atoms with van der Waals surface area (Å²) in [5, 5.41) is 3.25. The fourth-order valence-electron chi connectivity index (χ4n) is 4.08. The first kappa shape index (κ1) is 18.4. The SMILES string of the molecule is CCCC1(C(=O)NCCCCCI)c2ccccc2-c2ccccc21. The molecular formula is C22H26INO. The van der Waals surface area contributed by atoms with Gasteiger partial charge in [0.1, 0.15) is 5.41 Å². The van der Waals surface area contributed by atoms with Gasteiger partial charge in [-0.2, -0.15) is 0 Å². The van der Waals surface area contributed by atoms with E-state index in [1.54, 1.807) is 0 Å². The third kappa shape index (κ3) is 3.35. The topological polar surface area (TPSA) is 29.1 Å². The predicted molar refractivity (Wildman–Crippen MR) is 113 cm³/mol. The zero-order chi connectivity index (χ0) is 17.7. The Morgan fingerprint density at radius 3 is 2.12 bits per heavy atom. The number of alkyl halides is 1. The third-order valence-corrected chi connectivity index (χ3v) is 5.94. The number of fused-ring (bicyclic) bond motifs is 3. The van der Waals surface area contributed by atoms with Gasteiger partial charge in [-0.1, -0.05) is 90.9 Å². The standard InChI is InChI=1S/C22H26INO/c1-2-14-22(21(25)24-16-9-3-8-15-23)19-12-6-4-10-17(19)18-11-5-7-13-20(18)22/h4-7,10-13H,2-3,8-9,14-16H2,1H3,(H,24,25). The lowest BCUT2D eigenvalue weighted by Gasteiger charge is -2.30. The quantitative estimate of drug-likeness (QED) is 0.324. The highest BCUT2D eigenvalue weighted by Crippen LogP contribution is 2.51. The van der Waals surface area contributed by atoms with Crippen LogP contribution in [0.2, 0.25) is 0 Å². The van der Waals surface area contributed by atoms with Gasteiger partial charge in [0.15, 0.2) is 0 Å². The Labute approximate surface area is 164 Å². The minimum Gasteiger partial charge on any atom is -0.355 e. The van der Waals surface area contributed by atoms with Crippen molar-refractivity contribution in [3.05, 3.63) is 59.7 Å². The number of unbranched alkanes of at least 4 members (excludes halogenated alkanes) is 2. The molecule has 1 aliphatic rings. The minimum atomic E-state index is -0.537. The summed E-state index contributed by atoms with van der Waals surface area (Å²) in [6.45, 7) is 2.93. The van der Waals surface area contributed by atoms with E-state index in [0.29, 0.717) is 0 Å². The summed E-state index contributed by atoms with van der Waals surface area (Å²) in [5.41, 5.74) is 4.23. The minimum absolute atomic E-state index is 0.168. The van der Waals surface area contributed by atoms with Gasteiger partial charge >= 0.3 is 0 Å². The molecule has 2 nitrogen and oxygen atoms in total. The molecule has 0 aliphatic heterocycles. The average Bonchev–Trinajstić information content (AvgIpc) is 2.93. The van der Waals surface area contributed by atoms with Crippen molar-refractivity contribution in [2.75, 3.05) is 11.0 Å². The number of carbonyl (C=O) groups is 1. The van der Waals surface area contributed by atoms with Crippen LogP contribution in [0.15, 0.2) is 48.5 Å². The van der Waals surface area contributed by atoms with E-state index in [1.165, 1.54) is 39.5 Å². The molecule has 0 radical (unpaired) electrons. The summed E-state index contributed by atoms with van der Waals surface area (Å²) in [6.07, 6.45) is 5.28. The number of nitrogens with one attached hydrogen (secondary N) is 1. The van der Waals surface area contributed by atoms with Gasteiger partial charge in [0.2, 0.25) is 5.91 Å². The van der Waals surface area contributed by atoms with E-state index in [0.717, 1.165) is 25.8 Å². The van der Waals surface area contributed by atoms with E-state index in [4.69, 9.17) is 0 Å². The van der Waals surface area contributed by atoms with Crippen LogP contribution in [-0.4, -0.2) is 16.9 Å². The van der Waals surface area contributed by atoms with Crippen molar-refractivity contribution < 1.29 is 4.79 Å². The smallest absolute Gasteiger partial charge is 0.235 e. The first-order valence-electron chi connectivity index (χ1n) is 9.29. The van der Waals surface area contributed by atoms with Crippen LogP contribution in [0.4, 0.5) is 0 Å². The molecule has 0 fully saturated rings. The van der Waals surface area contributed by atoms with Crippen LogP contribution in [0.3, 0.4) is 0 Å². The van der Waals surface area contributed by atoms with Gasteiger partial charge in [-0.15, -0.1) is 0 Å². The van der Waals surface area contributed by atoms with Crippen molar-refractivity contribution >= 4 is 28.5 Å². The molecule has 1 amide bonds. The number of amides is 1. The van der Waals surface area contributed by atoms with Crippen LogP contribution in [0, 0.1) is 0 Å². The Bertz CT molecular complexity index is 695. The molecule has 1 N–H and O–H groups in total. The molecule has 0 saturated heterocycles. The zero-order valence-electron chi connectivity index (χ0n) is 14.9. The molecule has 132 valence electrons. The zero-order valence-corrected chi connectivity index (χ0v) is 17.0. The van der Waals surface area contributed by atoms with Crippen LogP contribution in [0.5, 0.6) is 0 Å². The van der Waals surface area contributed by atoms with Crippen molar-refractivity contribution in [1.82, 2.24) is 5.32 Å². The van der Waals surface area contributed by atoms with E-state index >= 15 is 0 Å². The Morgan fingerprint density at radius 1 is 0.960 bits per heavy atom. The molecule has 25 heavy (non-hydrogen) atoms. The second-order valence-electron chi connectivity index (χ2n) is 6.75. The summed E-state index contributed by atoms with van der Waals surface area (Å²) in [6, 6.07) is 16.8. The summed E-state index contributed by atoms with van der Waals surface area (Å²) >= 11 is 2.41. The molecule has 0 unspecified atom stereocenters. The van der Waals surface area contributed by atoms with Gasteiger partial charge in [-0.05, 0) is 45.9 Å². The summed E-state index contributed by atoms with van der Waals surface area (Å²) in [4.78, 5) is 13.4. The first-order valence-corrected chi connectivity index (χ1v) is 10.8. The molecule has 3 heteroatoms. The Morgan fingerprint density at radius 2 is 1.56 bits per heavy atom. The van der Waals surface area contributed by atoms with E-state index in [9.17, 15) is 4.79 Å². The second-order valence-corrected chi connectivity index (χ2v) is 7.83.